The van der Waals surface area contributed by atoms with Crippen molar-refractivity contribution in [2.45, 2.75) is 39.8 Å². The number of nitrogens with zero attached hydrogens (tertiary/aromatic N) is 2. The van der Waals surface area contributed by atoms with Gasteiger partial charge in [-0.15, -0.1) is 24.0 Å². The van der Waals surface area contributed by atoms with Crippen LogP contribution in [0.2, 0.25) is 0 Å². The Bertz CT molecular complexity index is 509. The van der Waals surface area contributed by atoms with E-state index in [9.17, 15) is 0 Å². The van der Waals surface area contributed by atoms with Gasteiger partial charge in [-0.1, -0.05) is 25.1 Å². The maximum atomic E-state index is 5.70. The number of para-hydroxylation sites is 1. The van der Waals surface area contributed by atoms with Gasteiger partial charge in [-0.05, 0) is 38.8 Å². The topological polar surface area (TPSA) is 48.9 Å². The van der Waals surface area contributed by atoms with Gasteiger partial charge in [0, 0.05) is 31.7 Å². The number of rotatable bonds is 7. The normalized spacial score (nSPS) is 21.1. The van der Waals surface area contributed by atoms with Crippen molar-refractivity contribution in [3.63, 3.8) is 0 Å². The number of ether oxygens (including phenoxy) is 1. The third-order valence-corrected chi connectivity index (χ3v) is 4.41. The minimum atomic E-state index is 0. The molecule has 1 heterocycles. The van der Waals surface area contributed by atoms with Gasteiger partial charge in [-0.25, -0.2) is 4.99 Å². The van der Waals surface area contributed by atoms with E-state index in [1.54, 1.807) is 0 Å². The molecule has 2 rings (SSSR count). The van der Waals surface area contributed by atoms with Crippen LogP contribution >= 0.6 is 24.0 Å². The molecule has 25 heavy (non-hydrogen) atoms. The van der Waals surface area contributed by atoms with Crippen molar-refractivity contribution >= 4 is 29.9 Å². The average molecular weight is 460 g/mol. The van der Waals surface area contributed by atoms with E-state index in [4.69, 9.17) is 4.74 Å². The lowest BCUT2D eigenvalue weighted by atomic mass is 10.1. The van der Waals surface area contributed by atoms with Crippen LogP contribution in [0, 0.1) is 5.92 Å². The standard InChI is InChI=1S/C19H32N4O.HI/c1-5-20-19(21-11-12-24-17-9-7-6-8-10-17)22-18-14-23(15(2)3)13-16(18)4;/h6-10,15-16,18H,5,11-14H2,1-4H3,(H2,20,21,22);1H. The Labute approximate surface area is 169 Å². The van der Waals surface area contributed by atoms with E-state index in [0.717, 1.165) is 31.3 Å². The third-order valence-electron chi connectivity index (χ3n) is 4.41. The van der Waals surface area contributed by atoms with Gasteiger partial charge < -0.3 is 15.4 Å². The molecular formula is C19H33IN4O. The van der Waals surface area contributed by atoms with Crippen LogP contribution in [-0.4, -0.2) is 55.7 Å². The molecule has 0 bridgehead atoms. The lowest BCUT2D eigenvalue weighted by molar-refractivity contribution is 0.265. The molecule has 2 unspecified atom stereocenters. The molecule has 2 atom stereocenters. The maximum absolute atomic E-state index is 5.70. The summed E-state index contributed by atoms with van der Waals surface area (Å²) in [5.41, 5.74) is 0. The van der Waals surface area contributed by atoms with Gasteiger partial charge in [0.15, 0.2) is 5.96 Å². The lowest BCUT2D eigenvalue weighted by Gasteiger charge is -2.22. The molecule has 1 aromatic rings. The molecule has 0 spiro atoms. The van der Waals surface area contributed by atoms with Crippen molar-refractivity contribution in [2.75, 3.05) is 32.8 Å². The quantitative estimate of drug-likeness (QED) is 0.284. The van der Waals surface area contributed by atoms with Gasteiger partial charge in [0.25, 0.3) is 0 Å². The zero-order chi connectivity index (χ0) is 17.4. The largest absolute Gasteiger partial charge is 0.492 e. The van der Waals surface area contributed by atoms with Crippen LogP contribution in [0.25, 0.3) is 0 Å². The van der Waals surface area contributed by atoms with E-state index in [0.29, 0.717) is 31.2 Å². The van der Waals surface area contributed by atoms with Crippen LogP contribution in [0.4, 0.5) is 0 Å². The molecule has 1 fully saturated rings. The molecule has 142 valence electrons. The van der Waals surface area contributed by atoms with E-state index in [1.165, 1.54) is 0 Å². The first-order valence-corrected chi connectivity index (χ1v) is 9.07. The van der Waals surface area contributed by atoms with Gasteiger partial charge in [-0.2, -0.15) is 0 Å². The Hall–Kier alpha value is -1.02. The van der Waals surface area contributed by atoms with Gasteiger partial charge >= 0.3 is 0 Å². The van der Waals surface area contributed by atoms with Crippen LogP contribution in [0.15, 0.2) is 35.3 Å². The number of benzene rings is 1. The highest BCUT2D eigenvalue weighted by molar-refractivity contribution is 14.0. The summed E-state index contributed by atoms with van der Waals surface area (Å²) in [6.07, 6.45) is 0. The zero-order valence-corrected chi connectivity index (χ0v) is 18.2. The highest BCUT2D eigenvalue weighted by atomic mass is 127. The van der Waals surface area contributed by atoms with Crippen molar-refractivity contribution in [3.05, 3.63) is 30.3 Å². The van der Waals surface area contributed by atoms with Gasteiger partial charge in [0.1, 0.15) is 12.4 Å². The number of hydrogen-bond acceptors (Lipinski definition) is 3. The molecule has 2 N–H and O–H groups in total. The van der Waals surface area contributed by atoms with E-state index in [2.05, 4.69) is 48.2 Å². The number of aliphatic imine (C=N–C) groups is 1. The highest BCUT2D eigenvalue weighted by Crippen LogP contribution is 2.18. The van der Waals surface area contributed by atoms with Crippen LogP contribution in [0.1, 0.15) is 27.7 Å². The van der Waals surface area contributed by atoms with Crippen molar-refractivity contribution in [3.8, 4) is 5.75 Å². The van der Waals surface area contributed by atoms with E-state index >= 15 is 0 Å². The Morgan fingerprint density at radius 3 is 2.60 bits per heavy atom. The molecule has 5 nitrogen and oxygen atoms in total. The molecule has 6 heteroatoms. The molecule has 0 aromatic heterocycles. The number of halogens is 1. The fourth-order valence-electron chi connectivity index (χ4n) is 2.95. The lowest BCUT2D eigenvalue weighted by Crippen LogP contribution is -2.47. The first kappa shape index (κ1) is 22.0. The summed E-state index contributed by atoms with van der Waals surface area (Å²) in [6, 6.07) is 10.9. The van der Waals surface area contributed by atoms with Gasteiger partial charge in [-0.3, -0.25) is 4.90 Å². The van der Waals surface area contributed by atoms with E-state index in [-0.39, 0.29) is 24.0 Å². The molecule has 0 amide bonds. The molecule has 1 aliphatic rings. The van der Waals surface area contributed by atoms with Gasteiger partial charge in [0.05, 0.1) is 6.54 Å². The average Bonchev–Trinajstić information content (AvgIpc) is 2.94. The molecular weight excluding hydrogens is 427 g/mol. The summed E-state index contributed by atoms with van der Waals surface area (Å²) in [6.45, 7) is 13.2. The van der Waals surface area contributed by atoms with Crippen molar-refractivity contribution in [2.24, 2.45) is 10.9 Å². The van der Waals surface area contributed by atoms with Crippen LogP contribution in [-0.2, 0) is 0 Å². The first-order valence-electron chi connectivity index (χ1n) is 9.07. The number of guanidine groups is 1. The summed E-state index contributed by atoms with van der Waals surface area (Å²) < 4.78 is 5.70. The molecule has 0 saturated carbocycles. The fraction of sp³-hybridized carbons (Fsp3) is 0.632. The molecule has 1 aromatic carbocycles. The highest BCUT2D eigenvalue weighted by Gasteiger charge is 2.31. The third kappa shape index (κ3) is 7.40. The minimum absolute atomic E-state index is 0. The molecule has 0 radical (unpaired) electrons. The molecule has 1 aliphatic heterocycles. The zero-order valence-electron chi connectivity index (χ0n) is 15.9. The number of hydrogen-bond donors (Lipinski definition) is 2. The van der Waals surface area contributed by atoms with Crippen LogP contribution in [0.3, 0.4) is 0 Å². The Balaban J connectivity index is 0.00000312. The summed E-state index contributed by atoms with van der Waals surface area (Å²) in [7, 11) is 0. The summed E-state index contributed by atoms with van der Waals surface area (Å²) in [5.74, 6) is 2.40. The first-order chi connectivity index (χ1) is 11.6. The second-order valence-electron chi connectivity index (χ2n) is 6.70. The summed E-state index contributed by atoms with van der Waals surface area (Å²) >= 11 is 0. The van der Waals surface area contributed by atoms with E-state index < -0.39 is 0 Å². The second kappa shape index (κ2) is 11.6. The van der Waals surface area contributed by atoms with Crippen LogP contribution in [0.5, 0.6) is 5.75 Å². The number of likely N-dealkylation sites (tertiary alicyclic amines) is 1. The van der Waals surface area contributed by atoms with Crippen LogP contribution < -0.4 is 15.4 Å². The predicted molar refractivity (Wildman–Crippen MR) is 116 cm³/mol. The number of nitrogens with one attached hydrogen (secondary N) is 2. The monoisotopic (exact) mass is 460 g/mol. The van der Waals surface area contributed by atoms with Crippen molar-refractivity contribution in [1.29, 1.82) is 0 Å². The van der Waals surface area contributed by atoms with Gasteiger partial charge in [0.2, 0.25) is 0 Å². The summed E-state index contributed by atoms with van der Waals surface area (Å²) in [5, 5.41) is 6.93. The van der Waals surface area contributed by atoms with E-state index in [1.807, 2.05) is 30.3 Å². The Morgan fingerprint density at radius 2 is 2.00 bits per heavy atom. The second-order valence-corrected chi connectivity index (χ2v) is 6.70. The smallest absolute Gasteiger partial charge is 0.191 e. The van der Waals surface area contributed by atoms with Crippen molar-refractivity contribution in [1.82, 2.24) is 15.5 Å². The SMILES string of the molecule is CCNC(=NCCOc1ccccc1)NC1CN(C(C)C)CC1C.I. The fourth-order valence-corrected chi connectivity index (χ4v) is 2.95. The molecule has 1 saturated heterocycles. The Kier molecular flexibility index (Phi) is 10.2. The molecule has 0 aliphatic carbocycles. The minimum Gasteiger partial charge on any atom is -0.492 e. The predicted octanol–water partition coefficient (Wildman–Crippen LogP) is 2.97. The summed E-state index contributed by atoms with van der Waals surface area (Å²) in [4.78, 5) is 7.17. The van der Waals surface area contributed by atoms with Crippen molar-refractivity contribution < 1.29 is 4.74 Å². The Morgan fingerprint density at radius 1 is 1.28 bits per heavy atom. The maximum Gasteiger partial charge on any atom is 0.191 e.